The number of aryl methyl sites for hydroxylation is 3. The molecule has 1 aliphatic rings. The van der Waals surface area contributed by atoms with E-state index in [-0.39, 0.29) is 11.9 Å². The third-order valence-corrected chi connectivity index (χ3v) is 6.18. The highest BCUT2D eigenvalue weighted by atomic mass is 32.1. The van der Waals surface area contributed by atoms with E-state index in [1.807, 2.05) is 13.8 Å². The van der Waals surface area contributed by atoms with E-state index < -0.39 is 0 Å². The molecule has 1 amide bonds. The summed E-state index contributed by atoms with van der Waals surface area (Å²) in [7, 11) is 0. The van der Waals surface area contributed by atoms with E-state index >= 15 is 0 Å². The average Bonchev–Trinajstić information content (AvgIpc) is 2.96. The zero-order valence-corrected chi connectivity index (χ0v) is 17.0. The molecule has 0 bridgehead atoms. The van der Waals surface area contributed by atoms with Crippen LogP contribution in [-0.2, 0) is 0 Å². The molecule has 0 unspecified atom stereocenters. The van der Waals surface area contributed by atoms with Gasteiger partial charge < -0.3 is 5.32 Å². The van der Waals surface area contributed by atoms with Crippen molar-refractivity contribution in [2.45, 2.75) is 46.6 Å². The fourth-order valence-electron chi connectivity index (χ4n) is 3.60. The van der Waals surface area contributed by atoms with Gasteiger partial charge in [-0.2, -0.15) is 0 Å². The van der Waals surface area contributed by atoms with Gasteiger partial charge in [-0.3, -0.25) is 9.69 Å². The maximum atomic E-state index is 12.6. The van der Waals surface area contributed by atoms with Crippen LogP contribution in [0.2, 0.25) is 0 Å². The minimum absolute atomic E-state index is 0.0608. The number of hydrogen-bond acceptors (Lipinski definition) is 4. The maximum absolute atomic E-state index is 12.6. The van der Waals surface area contributed by atoms with Gasteiger partial charge in [-0.05, 0) is 58.2 Å². The van der Waals surface area contributed by atoms with Gasteiger partial charge in [0.25, 0.3) is 5.91 Å². The number of amides is 1. The van der Waals surface area contributed by atoms with Gasteiger partial charge in [0.2, 0.25) is 0 Å². The van der Waals surface area contributed by atoms with Gasteiger partial charge >= 0.3 is 0 Å². The number of likely N-dealkylation sites (tertiary alicyclic amines) is 1. The minimum Gasteiger partial charge on any atom is -0.349 e. The Morgan fingerprint density at radius 1 is 1.23 bits per heavy atom. The predicted octanol–water partition coefficient (Wildman–Crippen LogP) is 4.27. The first-order chi connectivity index (χ1) is 12.4. The Hall–Kier alpha value is -1.72. The maximum Gasteiger partial charge on any atom is 0.271 e. The van der Waals surface area contributed by atoms with Gasteiger partial charge in [-0.25, -0.2) is 4.98 Å². The quantitative estimate of drug-likeness (QED) is 0.854. The molecule has 0 aliphatic carbocycles. The summed E-state index contributed by atoms with van der Waals surface area (Å²) < 4.78 is 0. The molecule has 0 spiro atoms. The highest BCUT2D eigenvalue weighted by Crippen LogP contribution is 2.27. The number of carbonyl (C=O) groups excluding carboxylic acids is 1. The fourth-order valence-corrected chi connectivity index (χ4v) is 4.41. The Kier molecular flexibility index (Phi) is 6.09. The highest BCUT2D eigenvalue weighted by Gasteiger charge is 2.25. The van der Waals surface area contributed by atoms with Crippen molar-refractivity contribution in [1.29, 1.82) is 0 Å². The SMILES string of the molecule is Cc1ccc([C@H](CNC(=O)c2nc(C)sc2C)N2CCC(C)CC2)cc1. The third-order valence-electron chi connectivity index (χ3n) is 5.30. The smallest absolute Gasteiger partial charge is 0.271 e. The number of thiazole rings is 1. The van der Waals surface area contributed by atoms with Gasteiger partial charge in [0.15, 0.2) is 0 Å². The van der Waals surface area contributed by atoms with Crippen LogP contribution in [-0.4, -0.2) is 35.4 Å². The molecule has 3 rings (SSSR count). The largest absolute Gasteiger partial charge is 0.349 e. The molecule has 26 heavy (non-hydrogen) atoms. The van der Waals surface area contributed by atoms with E-state index in [9.17, 15) is 4.79 Å². The molecule has 1 atom stereocenters. The first kappa shape index (κ1) is 19.1. The Bertz CT molecular complexity index is 745. The lowest BCUT2D eigenvalue weighted by molar-refractivity contribution is 0.0908. The number of benzene rings is 1. The molecule has 1 fully saturated rings. The summed E-state index contributed by atoms with van der Waals surface area (Å²) in [4.78, 5) is 20.5. The summed E-state index contributed by atoms with van der Waals surface area (Å²) in [6.45, 7) is 11.1. The minimum atomic E-state index is -0.0608. The van der Waals surface area contributed by atoms with Crippen molar-refractivity contribution in [2.75, 3.05) is 19.6 Å². The zero-order chi connectivity index (χ0) is 18.7. The number of nitrogens with one attached hydrogen (secondary N) is 1. The van der Waals surface area contributed by atoms with E-state index in [2.05, 4.69) is 53.3 Å². The van der Waals surface area contributed by atoms with Crippen LogP contribution in [0.1, 0.15) is 57.3 Å². The Morgan fingerprint density at radius 2 is 1.88 bits per heavy atom. The van der Waals surface area contributed by atoms with Crippen molar-refractivity contribution in [3.8, 4) is 0 Å². The molecule has 140 valence electrons. The molecule has 1 aliphatic heterocycles. The van der Waals surface area contributed by atoms with Crippen molar-refractivity contribution in [3.05, 3.63) is 51.0 Å². The normalized spacial score (nSPS) is 17.2. The standard InChI is InChI=1S/C21H29N3OS/c1-14-5-7-18(8-6-14)19(24-11-9-15(2)10-12-24)13-22-21(25)20-16(3)26-17(4)23-20/h5-8,15,19H,9-13H2,1-4H3,(H,22,25)/t19-/m0/s1. The van der Waals surface area contributed by atoms with Gasteiger partial charge in [-0.1, -0.05) is 36.8 Å². The lowest BCUT2D eigenvalue weighted by atomic mass is 9.95. The molecule has 1 aromatic heterocycles. The van der Waals surface area contributed by atoms with E-state index in [1.165, 1.54) is 24.0 Å². The van der Waals surface area contributed by atoms with Gasteiger partial charge in [0.05, 0.1) is 11.0 Å². The number of piperidine rings is 1. The number of nitrogens with zero attached hydrogens (tertiary/aromatic N) is 2. The van der Waals surface area contributed by atoms with Crippen LogP contribution < -0.4 is 5.32 Å². The second-order valence-electron chi connectivity index (χ2n) is 7.49. The van der Waals surface area contributed by atoms with Gasteiger partial charge in [0.1, 0.15) is 5.69 Å². The van der Waals surface area contributed by atoms with Crippen LogP contribution >= 0.6 is 11.3 Å². The molecule has 1 N–H and O–H groups in total. The van der Waals surface area contributed by atoms with Crippen molar-refractivity contribution in [3.63, 3.8) is 0 Å². The monoisotopic (exact) mass is 371 g/mol. The molecule has 1 saturated heterocycles. The summed E-state index contributed by atoms with van der Waals surface area (Å²) in [5, 5.41) is 4.08. The molecule has 4 nitrogen and oxygen atoms in total. The van der Waals surface area contributed by atoms with Crippen molar-refractivity contribution in [1.82, 2.24) is 15.2 Å². The first-order valence-corrected chi connectivity index (χ1v) is 10.3. The van der Waals surface area contributed by atoms with E-state index in [0.717, 1.165) is 28.9 Å². The second-order valence-corrected chi connectivity index (χ2v) is 8.90. The lowest BCUT2D eigenvalue weighted by Crippen LogP contribution is -2.42. The number of rotatable bonds is 5. The van der Waals surface area contributed by atoms with Crippen molar-refractivity contribution < 1.29 is 4.79 Å². The fraction of sp³-hybridized carbons (Fsp3) is 0.524. The van der Waals surface area contributed by atoms with Crippen molar-refractivity contribution >= 4 is 17.2 Å². The second kappa shape index (κ2) is 8.31. The lowest BCUT2D eigenvalue weighted by Gasteiger charge is -2.37. The molecule has 1 aromatic carbocycles. The van der Waals surface area contributed by atoms with Crippen LogP contribution in [0.5, 0.6) is 0 Å². The van der Waals surface area contributed by atoms with Crippen LogP contribution in [0.3, 0.4) is 0 Å². The number of hydrogen-bond donors (Lipinski definition) is 1. The molecule has 2 heterocycles. The van der Waals surface area contributed by atoms with E-state index in [4.69, 9.17) is 0 Å². The Morgan fingerprint density at radius 3 is 2.46 bits per heavy atom. The molecule has 2 aromatic rings. The Labute approximate surface area is 160 Å². The van der Waals surface area contributed by atoms with Crippen LogP contribution in [0.4, 0.5) is 0 Å². The Balaban J connectivity index is 1.74. The van der Waals surface area contributed by atoms with Gasteiger partial charge in [0, 0.05) is 11.4 Å². The molecule has 5 heteroatoms. The van der Waals surface area contributed by atoms with E-state index in [0.29, 0.717) is 12.2 Å². The first-order valence-electron chi connectivity index (χ1n) is 9.47. The summed E-state index contributed by atoms with van der Waals surface area (Å²) >= 11 is 1.58. The van der Waals surface area contributed by atoms with Gasteiger partial charge in [-0.15, -0.1) is 11.3 Å². The molecular formula is C21H29N3OS. The molecule has 0 radical (unpaired) electrons. The van der Waals surface area contributed by atoms with E-state index in [1.54, 1.807) is 11.3 Å². The third kappa shape index (κ3) is 4.51. The number of aromatic nitrogens is 1. The summed E-state index contributed by atoms with van der Waals surface area (Å²) in [6.07, 6.45) is 2.45. The van der Waals surface area contributed by atoms with Crippen LogP contribution in [0.25, 0.3) is 0 Å². The average molecular weight is 372 g/mol. The number of carbonyl (C=O) groups is 1. The topological polar surface area (TPSA) is 45.2 Å². The highest BCUT2D eigenvalue weighted by molar-refractivity contribution is 7.11. The summed E-state index contributed by atoms with van der Waals surface area (Å²) in [6, 6.07) is 8.92. The summed E-state index contributed by atoms with van der Waals surface area (Å²) in [5.41, 5.74) is 3.11. The summed E-state index contributed by atoms with van der Waals surface area (Å²) in [5.74, 6) is 0.731. The van der Waals surface area contributed by atoms with Crippen LogP contribution in [0, 0.1) is 26.7 Å². The predicted molar refractivity (Wildman–Crippen MR) is 108 cm³/mol. The zero-order valence-electron chi connectivity index (χ0n) is 16.2. The van der Waals surface area contributed by atoms with Crippen molar-refractivity contribution in [2.24, 2.45) is 5.92 Å². The van der Waals surface area contributed by atoms with Crippen LogP contribution in [0.15, 0.2) is 24.3 Å². The molecule has 0 saturated carbocycles. The molecular weight excluding hydrogens is 342 g/mol.